The first kappa shape index (κ1) is 13.0. The van der Waals surface area contributed by atoms with Gasteiger partial charge in [-0.15, -0.1) is 0 Å². The molecule has 0 aromatic carbocycles. The largest absolute Gasteiger partial charge is 0.353 e. The van der Waals surface area contributed by atoms with Crippen LogP contribution in [0.2, 0.25) is 0 Å². The van der Waals surface area contributed by atoms with Gasteiger partial charge in [0.15, 0.2) is 0 Å². The van der Waals surface area contributed by atoms with E-state index in [-0.39, 0.29) is 0 Å². The molecular formula is C16H27N3. The zero-order valence-electron chi connectivity index (χ0n) is 12.0. The number of nitrogens with zero attached hydrogens (tertiary/aromatic N) is 2. The summed E-state index contributed by atoms with van der Waals surface area (Å²) in [6.45, 7) is 0. The summed E-state index contributed by atoms with van der Waals surface area (Å²) in [4.78, 5) is 4.57. The van der Waals surface area contributed by atoms with E-state index >= 15 is 0 Å². The quantitative estimate of drug-likeness (QED) is 0.811. The van der Waals surface area contributed by atoms with E-state index in [1.165, 1.54) is 70.6 Å². The predicted octanol–water partition coefficient (Wildman–Crippen LogP) is 4.52. The van der Waals surface area contributed by atoms with Gasteiger partial charge >= 0.3 is 0 Å². The van der Waals surface area contributed by atoms with Crippen molar-refractivity contribution in [2.45, 2.75) is 82.7 Å². The van der Waals surface area contributed by atoms with Crippen LogP contribution < -0.4 is 5.32 Å². The monoisotopic (exact) mass is 261 g/mol. The van der Waals surface area contributed by atoms with Gasteiger partial charge in [-0.3, -0.25) is 0 Å². The molecule has 0 aliphatic heterocycles. The molecule has 3 rings (SSSR count). The van der Waals surface area contributed by atoms with Crippen LogP contribution in [0.15, 0.2) is 12.4 Å². The Morgan fingerprint density at radius 3 is 2.26 bits per heavy atom. The van der Waals surface area contributed by atoms with E-state index in [9.17, 15) is 0 Å². The Morgan fingerprint density at radius 1 is 0.895 bits per heavy atom. The molecule has 1 aromatic rings. The minimum absolute atomic E-state index is 0.646. The van der Waals surface area contributed by atoms with Gasteiger partial charge in [-0.2, -0.15) is 0 Å². The van der Waals surface area contributed by atoms with Crippen molar-refractivity contribution in [2.75, 3.05) is 5.32 Å². The molecule has 0 radical (unpaired) electrons. The standard InChI is InChI=1S/C16H27N3/c1-2-5-9-14(8-4-1)18-16-17-12-13-19(16)15-10-6-3-7-11-15/h12-15H,1-11H2,(H,17,18). The van der Waals surface area contributed by atoms with E-state index in [0.29, 0.717) is 12.1 Å². The molecule has 106 valence electrons. The van der Waals surface area contributed by atoms with Crippen molar-refractivity contribution in [1.29, 1.82) is 0 Å². The maximum atomic E-state index is 4.57. The topological polar surface area (TPSA) is 29.9 Å². The van der Waals surface area contributed by atoms with E-state index in [1.54, 1.807) is 0 Å². The van der Waals surface area contributed by atoms with Crippen LogP contribution in [0, 0.1) is 0 Å². The third-order valence-corrected chi connectivity index (χ3v) is 4.83. The van der Waals surface area contributed by atoms with Crippen molar-refractivity contribution in [3.63, 3.8) is 0 Å². The highest BCUT2D eigenvalue weighted by Crippen LogP contribution is 2.31. The number of aromatic nitrogens is 2. The number of nitrogens with one attached hydrogen (secondary N) is 1. The van der Waals surface area contributed by atoms with Crippen LogP contribution in [0.1, 0.15) is 76.7 Å². The van der Waals surface area contributed by atoms with Gasteiger partial charge in [0, 0.05) is 24.5 Å². The Morgan fingerprint density at radius 2 is 1.53 bits per heavy atom. The van der Waals surface area contributed by atoms with Crippen molar-refractivity contribution in [3.8, 4) is 0 Å². The molecule has 0 atom stereocenters. The van der Waals surface area contributed by atoms with Crippen molar-refractivity contribution in [1.82, 2.24) is 9.55 Å². The molecule has 3 nitrogen and oxygen atoms in total. The lowest BCUT2D eigenvalue weighted by molar-refractivity contribution is 0.355. The van der Waals surface area contributed by atoms with Crippen LogP contribution in [-0.2, 0) is 0 Å². The second-order valence-electron chi connectivity index (χ2n) is 6.28. The zero-order chi connectivity index (χ0) is 12.9. The lowest BCUT2D eigenvalue weighted by Crippen LogP contribution is -2.23. The van der Waals surface area contributed by atoms with Crippen LogP contribution in [0.5, 0.6) is 0 Å². The number of hydrogen-bond acceptors (Lipinski definition) is 2. The minimum Gasteiger partial charge on any atom is -0.353 e. The summed E-state index contributed by atoms with van der Waals surface area (Å²) in [5.74, 6) is 1.12. The highest BCUT2D eigenvalue weighted by molar-refractivity contribution is 5.28. The Hall–Kier alpha value is -0.990. The Balaban J connectivity index is 1.65. The summed E-state index contributed by atoms with van der Waals surface area (Å²) in [7, 11) is 0. The lowest BCUT2D eigenvalue weighted by atomic mass is 9.95. The van der Waals surface area contributed by atoms with E-state index in [2.05, 4.69) is 21.1 Å². The minimum atomic E-state index is 0.646. The summed E-state index contributed by atoms with van der Waals surface area (Å²) < 4.78 is 2.41. The number of anilines is 1. The van der Waals surface area contributed by atoms with E-state index < -0.39 is 0 Å². The predicted molar refractivity (Wildman–Crippen MR) is 79.5 cm³/mol. The second kappa shape index (κ2) is 6.44. The lowest BCUT2D eigenvalue weighted by Gasteiger charge is -2.26. The summed E-state index contributed by atoms with van der Waals surface area (Å²) >= 11 is 0. The Bertz CT molecular complexity index is 371. The highest BCUT2D eigenvalue weighted by atomic mass is 15.2. The van der Waals surface area contributed by atoms with Gasteiger partial charge in [-0.1, -0.05) is 44.9 Å². The van der Waals surface area contributed by atoms with Gasteiger partial charge in [-0.05, 0) is 25.7 Å². The summed E-state index contributed by atoms with van der Waals surface area (Å²) in [6.07, 6.45) is 19.2. The van der Waals surface area contributed by atoms with Gasteiger partial charge in [-0.25, -0.2) is 4.98 Å². The van der Waals surface area contributed by atoms with Gasteiger partial charge in [0.2, 0.25) is 5.95 Å². The normalized spacial score (nSPS) is 23.2. The molecule has 0 saturated heterocycles. The number of hydrogen-bond donors (Lipinski definition) is 1. The van der Waals surface area contributed by atoms with Crippen LogP contribution >= 0.6 is 0 Å². The van der Waals surface area contributed by atoms with Gasteiger partial charge in [0.05, 0.1) is 0 Å². The third kappa shape index (κ3) is 3.31. The molecule has 2 aliphatic rings. The number of rotatable bonds is 3. The smallest absolute Gasteiger partial charge is 0.203 e. The molecule has 0 spiro atoms. The van der Waals surface area contributed by atoms with Crippen molar-refractivity contribution < 1.29 is 0 Å². The first-order valence-electron chi connectivity index (χ1n) is 8.23. The fourth-order valence-corrected chi connectivity index (χ4v) is 3.68. The van der Waals surface area contributed by atoms with Gasteiger partial charge in [0.1, 0.15) is 0 Å². The van der Waals surface area contributed by atoms with Crippen molar-refractivity contribution >= 4 is 5.95 Å². The molecule has 2 saturated carbocycles. The molecule has 0 bridgehead atoms. The van der Waals surface area contributed by atoms with E-state index in [4.69, 9.17) is 0 Å². The molecule has 1 heterocycles. The SMILES string of the molecule is c1cn(C2CCCCC2)c(NC2CCCCCC2)n1. The van der Waals surface area contributed by atoms with Gasteiger partial charge < -0.3 is 9.88 Å². The molecular weight excluding hydrogens is 234 g/mol. The van der Waals surface area contributed by atoms with E-state index in [0.717, 1.165) is 5.95 Å². The van der Waals surface area contributed by atoms with Crippen LogP contribution in [0.3, 0.4) is 0 Å². The summed E-state index contributed by atoms with van der Waals surface area (Å²) in [5.41, 5.74) is 0. The average molecular weight is 261 g/mol. The molecule has 1 aromatic heterocycles. The average Bonchev–Trinajstić information content (AvgIpc) is 2.75. The molecule has 19 heavy (non-hydrogen) atoms. The third-order valence-electron chi connectivity index (χ3n) is 4.83. The molecule has 2 aliphatic carbocycles. The Kier molecular flexibility index (Phi) is 4.41. The summed E-state index contributed by atoms with van der Waals surface area (Å²) in [6, 6.07) is 1.33. The fraction of sp³-hybridized carbons (Fsp3) is 0.812. The first-order chi connectivity index (χ1) is 9.43. The maximum Gasteiger partial charge on any atom is 0.203 e. The second-order valence-corrected chi connectivity index (χ2v) is 6.28. The first-order valence-corrected chi connectivity index (χ1v) is 8.23. The molecule has 0 amide bonds. The summed E-state index contributed by atoms with van der Waals surface area (Å²) in [5, 5.41) is 3.72. The van der Waals surface area contributed by atoms with Crippen molar-refractivity contribution in [2.24, 2.45) is 0 Å². The Labute approximate surface area is 116 Å². The fourth-order valence-electron chi connectivity index (χ4n) is 3.68. The zero-order valence-corrected chi connectivity index (χ0v) is 12.0. The van der Waals surface area contributed by atoms with Gasteiger partial charge in [0.25, 0.3) is 0 Å². The van der Waals surface area contributed by atoms with E-state index in [1.807, 2.05) is 6.20 Å². The van der Waals surface area contributed by atoms with Crippen LogP contribution in [0.4, 0.5) is 5.95 Å². The molecule has 1 N–H and O–H groups in total. The molecule has 2 fully saturated rings. The molecule has 0 unspecified atom stereocenters. The highest BCUT2D eigenvalue weighted by Gasteiger charge is 2.19. The van der Waals surface area contributed by atoms with Crippen LogP contribution in [0.25, 0.3) is 0 Å². The maximum absolute atomic E-state index is 4.57. The van der Waals surface area contributed by atoms with Crippen LogP contribution in [-0.4, -0.2) is 15.6 Å². The van der Waals surface area contributed by atoms with Crippen molar-refractivity contribution in [3.05, 3.63) is 12.4 Å². The molecule has 3 heteroatoms. The number of imidazole rings is 1.